The van der Waals surface area contributed by atoms with Crippen molar-refractivity contribution in [2.45, 2.75) is 59.2 Å². The number of nitrogens with one attached hydrogen (secondary N) is 1. The summed E-state index contributed by atoms with van der Waals surface area (Å²) in [5.74, 6) is 0.0294. The van der Waals surface area contributed by atoms with Crippen molar-refractivity contribution in [3.63, 3.8) is 0 Å². The van der Waals surface area contributed by atoms with Crippen LogP contribution in [0.25, 0.3) is 0 Å². The molecular weight excluding hydrogens is 507 g/mol. The highest BCUT2D eigenvalue weighted by Gasteiger charge is 2.32. The molecule has 0 radical (unpaired) electrons. The van der Waals surface area contributed by atoms with Crippen molar-refractivity contribution in [3.05, 3.63) is 99.0 Å². The molecule has 37 heavy (non-hydrogen) atoms. The number of aryl methyl sites for hydroxylation is 2. The molecule has 2 atom stereocenters. The minimum Gasteiger partial charge on any atom is -0.484 e. The van der Waals surface area contributed by atoms with Crippen molar-refractivity contribution in [2.75, 3.05) is 6.61 Å². The van der Waals surface area contributed by atoms with Gasteiger partial charge in [0.15, 0.2) is 6.61 Å². The molecule has 0 saturated carbocycles. The number of halogens is 2. The first kappa shape index (κ1) is 28.5. The zero-order valence-electron chi connectivity index (χ0n) is 21.8. The third kappa shape index (κ3) is 8.24. The van der Waals surface area contributed by atoms with Gasteiger partial charge in [-0.15, -0.1) is 0 Å². The largest absolute Gasteiger partial charge is 0.484 e. The van der Waals surface area contributed by atoms with Gasteiger partial charge < -0.3 is 15.0 Å². The van der Waals surface area contributed by atoms with Crippen LogP contribution in [-0.4, -0.2) is 35.4 Å². The average Bonchev–Trinajstić information content (AvgIpc) is 2.86. The zero-order chi connectivity index (χ0) is 26.9. The summed E-state index contributed by atoms with van der Waals surface area (Å²) >= 11 is 13.0. The van der Waals surface area contributed by atoms with Gasteiger partial charge >= 0.3 is 0 Å². The van der Waals surface area contributed by atoms with Gasteiger partial charge in [-0.25, -0.2) is 0 Å². The van der Waals surface area contributed by atoms with E-state index in [9.17, 15) is 9.59 Å². The van der Waals surface area contributed by atoms with Crippen molar-refractivity contribution < 1.29 is 14.3 Å². The van der Waals surface area contributed by atoms with Gasteiger partial charge in [0.1, 0.15) is 11.8 Å². The van der Waals surface area contributed by atoms with E-state index >= 15 is 0 Å². The smallest absolute Gasteiger partial charge is 0.261 e. The lowest BCUT2D eigenvalue weighted by molar-refractivity contribution is -0.143. The summed E-state index contributed by atoms with van der Waals surface area (Å²) in [7, 11) is 0. The minimum atomic E-state index is -0.793. The van der Waals surface area contributed by atoms with E-state index in [2.05, 4.69) is 5.32 Å². The second-order valence-electron chi connectivity index (χ2n) is 9.36. The monoisotopic (exact) mass is 540 g/mol. The van der Waals surface area contributed by atoms with Gasteiger partial charge in [-0.2, -0.15) is 0 Å². The van der Waals surface area contributed by atoms with Gasteiger partial charge in [-0.05, 0) is 68.1 Å². The Labute approximate surface area is 229 Å². The van der Waals surface area contributed by atoms with E-state index in [1.165, 1.54) is 4.90 Å². The summed E-state index contributed by atoms with van der Waals surface area (Å²) in [6.45, 7) is 7.73. The van der Waals surface area contributed by atoms with Crippen LogP contribution in [0, 0.1) is 13.8 Å². The second kappa shape index (κ2) is 13.5. The highest BCUT2D eigenvalue weighted by atomic mass is 35.5. The first-order valence-electron chi connectivity index (χ1n) is 12.5. The van der Waals surface area contributed by atoms with Crippen molar-refractivity contribution in [3.8, 4) is 5.75 Å². The summed E-state index contributed by atoms with van der Waals surface area (Å²) in [5, 5.41) is 3.91. The van der Waals surface area contributed by atoms with Crippen LogP contribution in [0.1, 0.15) is 42.5 Å². The Kier molecular flexibility index (Phi) is 10.4. The third-order valence-corrected chi connectivity index (χ3v) is 6.93. The van der Waals surface area contributed by atoms with Crippen molar-refractivity contribution in [1.82, 2.24) is 10.2 Å². The maximum Gasteiger partial charge on any atom is 0.261 e. The van der Waals surface area contributed by atoms with Gasteiger partial charge in [-0.3, -0.25) is 9.59 Å². The molecule has 7 heteroatoms. The molecule has 2 amide bonds. The number of amides is 2. The van der Waals surface area contributed by atoms with Crippen LogP contribution in [0.2, 0.25) is 10.0 Å². The van der Waals surface area contributed by atoms with E-state index in [0.29, 0.717) is 27.8 Å². The SMILES string of the molecule is CCC(C)NC(=O)C(Cc1ccccc1)N(Cc1c(Cl)cccc1Cl)C(=O)COc1cc(C)cc(C)c1. The fraction of sp³-hybridized carbons (Fsp3) is 0.333. The first-order chi connectivity index (χ1) is 17.7. The summed E-state index contributed by atoms with van der Waals surface area (Å²) in [6.07, 6.45) is 1.10. The molecule has 0 bridgehead atoms. The van der Waals surface area contributed by atoms with Crippen LogP contribution in [0.3, 0.4) is 0 Å². The Balaban J connectivity index is 1.97. The molecular formula is C30H34Cl2N2O3. The topological polar surface area (TPSA) is 58.6 Å². The predicted octanol–water partition coefficient (Wildman–Crippen LogP) is 6.54. The van der Waals surface area contributed by atoms with Crippen LogP contribution in [0.5, 0.6) is 5.75 Å². The maximum atomic E-state index is 13.7. The molecule has 0 heterocycles. The molecule has 0 spiro atoms. The number of hydrogen-bond donors (Lipinski definition) is 1. The molecule has 196 valence electrons. The van der Waals surface area contributed by atoms with Gasteiger partial charge in [-0.1, -0.05) is 72.6 Å². The number of benzene rings is 3. The maximum absolute atomic E-state index is 13.7. The Morgan fingerprint density at radius 2 is 1.57 bits per heavy atom. The molecule has 2 unspecified atom stereocenters. The third-order valence-electron chi connectivity index (χ3n) is 6.22. The molecule has 0 aliphatic rings. The lowest BCUT2D eigenvalue weighted by atomic mass is 10.0. The second-order valence-corrected chi connectivity index (χ2v) is 10.2. The highest BCUT2D eigenvalue weighted by molar-refractivity contribution is 6.36. The molecule has 3 rings (SSSR count). The van der Waals surface area contributed by atoms with Gasteiger partial charge in [0.25, 0.3) is 5.91 Å². The standard InChI is InChI=1S/C30H34Cl2N2O3/c1-5-22(4)33-30(36)28(17-23-10-7-6-8-11-23)34(18-25-26(31)12-9-13-27(25)32)29(35)19-37-24-15-20(2)14-21(3)16-24/h6-16,22,28H,5,17-19H2,1-4H3,(H,33,36). The molecule has 0 aromatic heterocycles. The number of ether oxygens (including phenoxy) is 1. The van der Waals surface area contributed by atoms with Crippen molar-refractivity contribution >= 4 is 35.0 Å². The van der Waals surface area contributed by atoms with Crippen LogP contribution in [-0.2, 0) is 22.6 Å². The molecule has 0 saturated heterocycles. The Morgan fingerprint density at radius 3 is 2.16 bits per heavy atom. The summed E-state index contributed by atoms with van der Waals surface area (Å²) < 4.78 is 5.90. The number of carbonyl (C=O) groups is 2. The van der Waals surface area contributed by atoms with Gasteiger partial charge in [0.05, 0.1) is 0 Å². The predicted molar refractivity (Wildman–Crippen MR) is 150 cm³/mol. The van der Waals surface area contributed by atoms with Crippen molar-refractivity contribution in [2.24, 2.45) is 0 Å². The molecule has 5 nitrogen and oxygen atoms in total. The zero-order valence-corrected chi connectivity index (χ0v) is 23.3. The summed E-state index contributed by atoms with van der Waals surface area (Å²) in [4.78, 5) is 28.8. The van der Waals surface area contributed by atoms with Gasteiger partial charge in [0, 0.05) is 34.6 Å². The van der Waals surface area contributed by atoms with Crippen LogP contribution in [0.15, 0.2) is 66.7 Å². The average molecular weight is 542 g/mol. The normalized spacial score (nSPS) is 12.5. The van der Waals surface area contributed by atoms with E-state index in [-0.39, 0.29) is 31.0 Å². The first-order valence-corrected chi connectivity index (χ1v) is 13.2. The fourth-order valence-corrected chi connectivity index (χ4v) is 4.61. The molecule has 0 aliphatic heterocycles. The van der Waals surface area contributed by atoms with E-state index in [4.69, 9.17) is 27.9 Å². The van der Waals surface area contributed by atoms with Crippen LogP contribution >= 0.6 is 23.2 Å². The Hall–Kier alpha value is -3.02. The highest BCUT2D eigenvalue weighted by Crippen LogP contribution is 2.27. The number of rotatable bonds is 11. The molecule has 0 aliphatic carbocycles. The molecule has 1 N–H and O–H groups in total. The van der Waals surface area contributed by atoms with E-state index < -0.39 is 6.04 Å². The molecule has 0 fully saturated rings. The lowest BCUT2D eigenvalue weighted by Crippen LogP contribution is -2.53. The van der Waals surface area contributed by atoms with E-state index in [1.54, 1.807) is 18.2 Å². The van der Waals surface area contributed by atoms with E-state index in [0.717, 1.165) is 23.1 Å². The minimum absolute atomic E-state index is 0.0434. The van der Waals surface area contributed by atoms with Crippen LogP contribution < -0.4 is 10.1 Å². The number of nitrogens with zero attached hydrogens (tertiary/aromatic N) is 1. The Morgan fingerprint density at radius 1 is 0.946 bits per heavy atom. The molecule has 3 aromatic rings. The quantitative estimate of drug-likeness (QED) is 0.300. The summed E-state index contributed by atoms with van der Waals surface area (Å²) in [6, 6.07) is 19.8. The fourth-order valence-electron chi connectivity index (χ4n) is 4.09. The van der Waals surface area contributed by atoms with E-state index in [1.807, 2.05) is 76.2 Å². The lowest BCUT2D eigenvalue weighted by Gasteiger charge is -2.32. The van der Waals surface area contributed by atoms with Gasteiger partial charge in [0.2, 0.25) is 5.91 Å². The molecule has 3 aromatic carbocycles. The number of carbonyl (C=O) groups excluding carboxylic acids is 2. The summed E-state index contributed by atoms with van der Waals surface area (Å²) in [5.41, 5.74) is 3.60. The van der Waals surface area contributed by atoms with Crippen molar-refractivity contribution in [1.29, 1.82) is 0 Å². The number of hydrogen-bond acceptors (Lipinski definition) is 3. The van der Waals surface area contributed by atoms with Crippen LogP contribution in [0.4, 0.5) is 0 Å². The Bertz CT molecular complexity index is 1180.